The van der Waals surface area contributed by atoms with E-state index in [4.69, 9.17) is 0 Å². The van der Waals surface area contributed by atoms with Gasteiger partial charge in [0.25, 0.3) is 5.91 Å². The van der Waals surface area contributed by atoms with Gasteiger partial charge in [0.2, 0.25) is 0 Å². The Balaban J connectivity index is 2.00. The van der Waals surface area contributed by atoms with Crippen LogP contribution in [0, 0.1) is 0 Å². The summed E-state index contributed by atoms with van der Waals surface area (Å²) in [6.45, 7) is -0.284. The standard InChI is InChI=1S/C16H13F3N2O2/c17-16(18,19)15(23)20-10-11-5-4-8-13(9-11)21-14(22)12-6-2-1-3-7-12/h1-9H,10H2,(H,20,23)(H,21,22). The van der Waals surface area contributed by atoms with Crippen molar-refractivity contribution in [2.45, 2.75) is 12.7 Å². The highest BCUT2D eigenvalue weighted by atomic mass is 19.4. The SMILES string of the molecule is O=C(Nc1cccc(CNC(=O)C(F)(F)F)c1)c1ccccc1. The molecule has 0 unspecified atom stereocenters. The number of alkyl halides is 3. The predicted octanol–water partition coefficient (Wildman–Crippen LogP) is 3.12. The molecule has 120 valence electrons. The Bertz CT molecular complexity index is 700. The maximum Gasteiger partial charge on any atom is 0.471 e. The fourth-order valence-electron chi connectivity index (χ4n) is 1.83. The van der Waals surface area contributed by atoms with Crippen molar-refractivity contribution in [2.75, 3.05) is 5.32 Å². The normalized spacial score (nSPS) is 10.9. The first-order valence-corrected chi connectivity index (χ1v) is 6.66. The molecule has 0 saturated heterocycles. The lowest BCUT2D eigenvalue weighted by atomic mass is 10.1. The Kier molecular flexibility index (Phi) is 5.00. The Labute approximate surface area is 130 Å². The molecule has 0 atom stereocenters. The maximum atomic E-state index is 12.1. The summed E-state index contributed by atoms with van der Waals surface area (Å²) >= 11 is 0. The number of anilines is 1. The minimum absolute atomic E-state index is 0.284. The molecule has 0 saturated carbocycles. The molecule has 0 aliphatic carbocycles. The first kappa shape index (κ1) is 16.5. The number of benzene rings is 2. The number of rotatable bonds is 4. The van der Waals surface area contributed by atoms with E-state index in [1.165, 1.54) is 6.07 Å². The molecule has 2 amide bonds. The highest BCUT2D eigenvalue weighted by molar-refractivity contribution is 6.04. The molecule has 0 aromatic heterocycles. The fraction of sp³-hybridized carbons (Fsp3) is 0.125. The van der Waals surface area contributed by atoms with Crippen LogP contribution in [-0.2, 0) is 11.3 Å². The van der Waals surface area contributed by atoms with E-state index < -0.39 is 12.1 Å². The van der Waals surface area contributed by atoms with E-state index >= 15 is 0 Å². The van der Waals surface area contributed by atoms with Crippen LogP contribution in [-0.4, -0.2) is 18.0 Å². The topological polar surface area (TPSA) is 58.2 Å². The van der Waals surface area contributed by atoms with Crippen LogP contribution < -0.4 is 10.6 Å². The molecule has 0 aliphatic rings. The third-order valence-electron chi connectivity index (χ3n) is 2.93. The number of hydrogen-bond donors (Lipinski definition) is 2. The zero-order valence-corrected chi connectivity index (χ0v) is 11.9. The monoisotopic (exact) mass is 322 g/mol. The van der Waals surface area contributed by atoms with E-state index in [9.17, 15) is 22.8 Å². The summed E-state index contributed by atoms with van der Waals surface area (Å²) in [5.41, 5.74) is 1.33. The van der Waals surface area contributed by atoms with E-state index in [-0.39, 0.29) is 12.5 Å². The molecule has 23 heavy (non-hydrogen) atoms. The molecule has 2 rings (SSSR count). The van der Waals surface area contributed by atoms with Gasteiger partial charge in [0.05, 0.1) is 0 Å². The molecule has 0 aliphatic heterocycles. The van der Waals surface area contributed by atoms with Gasteiger partial charge in [0.15, 0.2) is 0 Å². The van der Waals surface area contributed by atoms with Crippen LogP contribution in [0.2, 0.25) is 0 Å². The van der Waals surface area contributed by atoms with Crippen LogP contribution in [0.25, 0.3) is 0 Å². The van der Waals surface area contributed by atoms with E-state index in [0.29, 0.717) is 16.8 Å². The number of nitrogens with one attached hydrogen (secondary N) is 2. The van der Waals surface area contributed by atoms with Crippen LogP contribution in [0.3, 0.4) is 0 Å². The van der Waals surface area contributed by atoms with Gasteiger partial charge < -0.3 is 10.6 Å². The van der Waals surface area contributed by atoms with Gasteiger partial charge in [-0.3, -0.25) is 9.59 Å². The van der Waals surface area contributed by atoms with Crippen molar-refractivity contribution >= 4 is 17.5 Å². The van der Waals surface area contributed by atoms with Gasteiger partial charge in [-0.25, -0.2) is 0 Å². The van der Waals surface area contributed by atoms with Gasteiger partial charge in [0, 0.05) is 17.8 Å². The molecule has 7 heteroatoms. The van der Waals surface area contributed by atoms with E-state index in [0.717, 1.165) is 0 Å². The van der Waals surface area contributed by atoms with Crippen molar-refractivity contribution in [3.63, 3.8) is 0 Å². The molecule has 2 aromatic carbocycles. The summed E-state index contributed by atoms with van der Waals surface area (Å²) in [7, 11) is 0. The lowest BCUT2D eigenvalue weighted by Gasteiger charge is -2.10. The highest BCUT2D eigenvalue weighted by Crippen LogP contribution is 2.16. The van der Waals surface area contributed by atoms with Crippen LogP contribution in [0.4, 0.5) is 18.9 Å². The maximum absolute atomic E-state index is 12.1. The van der Waals surface area contributed by atoms with Crippen molar-refractivity contribution in [2.24, 2.45) is 0 Å². The van der Waals surface area contributed by atoms with Crippen molar-refractivity contribution in [3.8, 4) is 0 Å². The highest BCUT2D eigenvalue weighted by Gasteiger charge is 2.38. The molecule has 2 aromatic rings. The molecule has 4 nitrogen and oxygen atoms in total. The number of carbonyl (C=O) groups excluding carboxylic acids is 2. The number of halogens is 3. The van der Waals surface area contributed by atoms with Gasteiger partial charge in [-0.15, -0.1) is 0 Å². The average Bonchev–Trinajstić information content (AvgIpc) is 2.53. The Hall–Kier alpha value is -2.83. The molecule has 0 fully saturated rings. The minimum atomic E-state index is -4.92. The summed E-state index contributed by atoms with van der Waals surface area (Å²) in [6, 6.07) is 14.7. The van der Waals surface area contributed by atoms with Gasteiger partial charge in [-0.2, -0.15) is 13.2 Å². The van der Waals surface area contributed by atoms with Gasteiger partial charge >= 0.3 is 12.1 Å². The molecule has 0 bridgehead atoms. The van der Waals surface area contributed by atoms with Crippen molar-refractivity contribution in [1.29, 1.82) is 0 Å². The predicted molar refractivity (Wildman–Crippen MR) is 78.7 cm³/mol. The molecular formula is C16H13F3N2O2. The Morgan fingerprint density at radius 3 is 2.30 bits per heavy atom. The summed E-state index contributed by atoms with van der Waals surface area (Å²) in [5.74, 6) is -2.33. The Morgan fingerprint density at radius 2 is 1.65 bits per heavy atom. The number of amides is 2. The second-order valence-corrected chi connectivity index (χ2v) is 4.70. The smallest absolute Gasteiger partial charge is 0.344 e. The summed E-state index contributed by atoms with van der Waals surface area (Å²) < 4.78 is 36.4. The van der Waals surface area contributed by atoms with E-state index in [1.807, 2.05) is 0 Å². The lowest BCUT2D eigenvalue weighted by molar-refractivity contribution is -0.173. The average molecular weight is 322 g/mol. The Morgan fingerprint density at radius 1 is 0.957 bits per heavy atom. The largest absolute Gasteiger partial charge is 0.471 e. The third kappa shape index (κ3) is 4.84. The zero-order valence-electron chi connectivity index (χ0n) is 11.9. The molecular weight excluding hydrogens is 309 g/mol. The molecule has 0 radical (unpaired) electrons. The van der Waals surface area contributed by atoms with Crippen LogP contribution in [0.1, 0.15) is 15.9 Å². The van der Waals surface area contributed by atoms with Crippen LogP contribution in [0.15, 0.2) is 54.6 Å². The van der Waals surface area contributed by atoms with Crippen molar-refractivity contribution in [1.82, 2.24) is 5.32 Å². The second kappa shape index (κ2) is 6.95. The fourth-order valence-corrected chi connectivity index (χ4v) is 1.83. The first-order chi connectivity index (χ1) is 10.9. The molecule has 0 heterocycles. The quantitative estimate of drug-likeness (QED) is 0.909. The minimum Gasteiger partial charge on any atom is -0.344 e. The van der Waals surface area contributed by atoms with Crippen molar-refractivity contribution < 1.29 is 22.8 Å². The lowest BCUT2D eigenvalue weighted by Crippen LogP contribution is -2.36. The third-order valence-corrected chi connectivity index (χ3v) is 2.93. The first-order valence-electron chi connectivity index (χ1n) is 6.66. The van der Waals surface area contributed by atoms with E-state index in [2.05, 4.69) is 5.32 Å². The number of hydrogen-bond acceptors (Lipinski definition) is 2. The van der Waals surface area contributed by atoms with Gasteiger partial charge in [-0.1, -0.05) is 30.3 Å². The van der Waals surface area contributed by atoms with Crippen molar-refractivity contribution in [3.05, 3.63) is 65.7 Å². The summed E-state index contributed by atoms with van der Waals surface area (Å²) in [6.07, 6.45) is -4.92. The number of carbonyl (C=O) groups is 2. The summed E-state index contributed by atoms with van der Waals surface area (Å²) in [5, 5.41) is 4.42. The van der Waals surface area contributed by atoms with Gasteiger partial charge in [-0.05, 0) is 29.8 Å². The molecule has 0 spiro atoms. The molecule has 2 N–H and O–H groups in total. The van der Waals surface area contributed by atoms with Crippen LogP contribution >= 0.6 is 0 Å². The zero-order chi connectivity index (χ0) is 16.9. The van der Waals surface area contributed by atoms with Gasteiger partial charge in [0.1, 0.15) is 0 Å². The second-order valence-electron chi connectivity index (χ2n) is 4.70. The summed E-state index contributed by atoms with van der Waals surface area (Å²) in [4.78, 5) is 22.8. The van der Waals surface area contributed by atoms with E-state index in [1.54, 1.807) is 53.8 Å². The van der Waals surface area contributed by atoms with Crippen LogP contribution in [0.5, 0.6) is 0 Å².